The number of halogens is 1. The molecule has 0 fully saturated rings. The van der Waals surface area contributed by atoms with E-state index in [-0.39, 0.29) is 18.4 Å². The quantitative estimate of drug-likeness (QED) is 0.634. The van der Waals surface area contributed by atoms with Crippen molar-refractivity contribution in [2.75, 3.05) is 6.61 Å². The van der Waals surface area contributed by atoms with E-state index < -0.39 is 0 Å². The van der Waals surface area contributed by atoms with Gasteiger partial charge in [-0.05, 0) is 25.2 Å². The van der Waals surface area contributed by atoms with E-state index in [9.17, 15) is 0 Å². The molecule has 1 aliphatic rings. The zero-order valence-corrected chi connectivity index (χ0v) is 7.39. The summed E-state index contributed by atoms with van der Waals surface area (Å²) in [7, 11) is 0. The van der Waals surface area contributed by atoms with Crippen LogP contribution in [0.3, 0.4) is 0 Å². The van der Waals surface area contributed by atoms with E-state index >= 15 is 0 Å². The Morgan fingerprint density at radius 2 is 2.18 bits per heavy atom. The van der Waals surface area contributed by atoms with Crippen molar-refractivity contribution in [3.63, 3.8) is 0 Å². The number of allylic oxidation sites excluding steroid dienone is 1. The summed E-state index contributed by atoms with van der Waals surface area (Å²) >= 11 is 0. The van der Waals surface area contributed by atoms with Gasteiger partial charge in [0.1, 0.15) is 0 Å². The number of rotatable bonds is 3. The van der Waals surface area contributed by atoms with Crippen molar-refractivity contribution in [2.24, 2.45) is 11.7 Å². The predicted molar refractivity (Wildman–Crippen MR) is 48.8 cm³/mol. The van der Waals surface area contributed by atoms with Gasteiger partial charge in [0, 0.05) is 12.6 Å². The topological polar surface area (TPSA) is 46.2 Å². The first kappa shape index (κ1) is 11.0. The zero-order chi connectivity index (χ0) is 7.40. The van der Waals surface area contributed by atoms with Gasteiger partial charge < -0.3 is 10.8 Å². The van der Waals surface area contributed by atoms with E-state index in [1.807, 2.05) is 0 Å². The largest absolute Gasteiger partial charge is 0.396 e. The summed E-state index contributed by atoms with van der Waals surface area (Å²) in [6, 6.07) is 0.267. The Morgan fingerprint density at radius 3 is 2.64 bits per heavy atom. The molecule has 1 rings (SSSR count). The van der Waals surface area contributed by atoms with E-state index in [0.717, 1.165) is 19.3 Å². The minimum atomic E-state index is 0. The molecule has 0 radical (unpaired) electrons. The van der Waals surface area contributed by atoms with Crippen molar-refractivity contribution >= 4 is 12.4 Å². The first-order chi connectivity index (χ1) is 4.83. The summed E-state index contributed by atoms with van der Waals surface area (Å²) in [5.74, 6) is 0.627. The number of aliphatic hydroxyl groups is 1. The molecule has 0 aromatic carbocycles. The van der Waals surface area contributed by atoms with Crippen LogP contribution in [-0.4, -0.2) is 17.8 Å². The van der Waals surface area contributed by atoms with Gasteiger partial charge in [0.2, 0.25) is 0 Å². The maximum absolute atomic E-state index is 8.54. The Labute approximate surface area is 73.9 Å². The van der Waals surface area contributed by atoms with Gasteiger partial charge in [0.05, 0.1) is 0 Å². The van der Waals surface area contributed by atoms with Crippen LogP contribution in [0.15, 0.2) is 12.2 Å². The summed E-state index contributed by atoms with van der Waals surface area (Å²) < 4.78 is 0. The molecule has 0 amide bonds. The third kappa shape index (κ3) is 3.75. The molecule has 2 atom stereocenters. The lowest BCUT2D eigenvalue weighted by molar-refractivity contribution is 0.276. The van der Waals surface area contributed by atoms with Gasteiger partial charge in [0.25, 0.3) is 0 Å². The van der Waals surface area contributed by atoms with E-state index in [2.05, 4.69) is 12.2 Å². The fourth-order valence-electron chi connectivity index (χ4n) is 1.37. The van der Waals surface area contributed by atoms with Crippen LogP contribution < -0.4 is 5.73 Å². The molecular weight excluding hydrogens is 162 g/mol. The van der Waals surface area contributed by atoms with E-state index in [4.69, 9.17) is 10.8 Å². The number of aliphatic hydroxyl groups excluding tert-OH is 1. The van der Waals surface area contributed by atoms with Crippen LogP contribution in [0.5, 0.6) is 0 Å². The third-order valence-electron chi connectivity index (χ3n) is 1.94. The highest BCUT2D eigenvalue weighted by Crippen LogP contribution is 2.20. The molecule has 0 aliphatic heterocycles. The summed E-state index contributed by atoms with van der Waals surface area (Å²) in [5, 5.41) is 8.54. The standard InChI is InChI=1S/C8H15NO.ClH/c9-8-4-3-7(6-8)2-1-5-10;/h3-4,7-8,10H,1-2,5-6,9H2;1H/t7-,8+;/m0./s1. The van der Waals surface area contributed by atoms with Gasteiger partial charge in [-0.3, -0.25) is 0 Å². The Kier molecular flexibility index (Phi) is 5.56. The molecule has 0 saturated heterocycles. The number of nitrogens with two attached hydrogens (primary N) is 1. The monoisotopic (exact) mass is 177 g/mol. The molecule has 0 aromatic rings. The maximum Gasteiger partial charge on any atom is 0.0431 e. The van der Waals surface area contributed by atoms with Gasteiger partial charge in [-0.25, -0.2) is 0 Å². The average molecular weight is 178 g/mol. The van der Waals surface area contributed by atoms with Crippen LogP contribution in [0.1, 0.15) is 19.3 Å². The van der Waals surface area contributed by atoms with Gasteiger partial charge in [-0.1, -0.05) is 12.2 Å². The Bertz CT molecular complexity index is 127. The number of hydrogen-bond acceptors (Lipinski definition) is 2. The van der Waals surface area contributed by atoms with Crippen molar-refractivity contribution in [1.29, 1.82) is 0 Å². The van der Waals surface area contributed by atoms with Crippen LogP contribution in [0.4, 0.5) is 0 Å². The summed E-state index contributed by atoms with van der Waals surface area (Å²) in [6.07, 6.45) is 7.28. The lowest BCUT2D eigenvalue weighted by atomic mass is 10.0. The molecule has 3 N–H and O–H groups in total. The van der Waals surface area contributed by atoms with E-state index in [1.165, 1.54) is 0 Å². The zero-order valence-electron chi connectivity index (χ0n) is 6.57. The van der Waals surface area contributed by atoms with Crippen molar-refractivity contribution in [2.45, 2.75) is 25.3 Å². The van der Waals surface area contributed by atoms with Crippen LogP contribution in [0.25, 0.3) is 0 Å². The Hall–Kier alpha value is -0.0500. The highest BCUT2D eigenvalue weighted by Gasteiger charge is 2.14. The fourth-order valence-corrected chi connectivity index (χ4v) is 1.37. The molecule has 2 nitrogen and oxygen atoms in total. The summed E-state index contributed by atoms with van der Waals surface area (Å²) in [4.78, 5) is 0. The van der Waals surface area contributed by atoms with Crippen LogP contribution >= 0.6 is 12.4 Å². The maximum atomic E-state index is 8.54. The average Bonchev–Trinajstić information content (AvgIpc) is 2.31. The Balaban J connectivity index is 0.000001000. The van der Waals surface area contributed by atoms with Crippen LogP contribution in [0, 0.1) is 5.92 Å². The summed E-state index contributed by atoms with van der Waals surface area (Å²) in [5.41, 5.74) is 5.65. The fraction of sp³-hybridized carbons (Fsp3) is 0.750. The molecule has 0 unspecified atom stereocenters. The van der Waals surface area contributed by atoms with Gasteiger partial charge >= 0.3 is 0 Å². The van der Waals surface area contributed by atoms with Crippen LogP contribution in [-0.2, 0) is 0 Å². The number of hydrogen-bond donors (Lipinski definition) is 2. The van der Waals surface area contributed by atoms with Crippen LogP contribution in [0.2, 0.25) is 0 Å². The second-order valence-electron chi connectivity index (χ2n) is 2.91. The smallest absolute Gasteiger partial charge is 0.0431 e. The minimum Gasteiger partial charge on any atom is -0.396 e. The van der Waals surface area contributed by atoms with E-state index in [0.29, 0.717) is 12.5 Å². The third-order valence-corrected chi connectivity index (χ3v) is 1.94. The first-order valence-corrected chi connectivity index (χ1v) is 3.87. The van der Waals surface area contributed by atoms with Crippen molar-refractivity contribution in [1.82, 2.24) is 0 Å². The molecule has 0 spiro atoms. The normalized spacial score (nSPS) is 28.5. The summed E-state index contributed by atoms with van der Waals surface area (Å²) in [6.45, 7) is 0.305. The second kappa shape index (κ2) is 5.58. The molecule has 1 aliphatic carbocycles. The molecule has 0 bridgehead atoms. The van der Waals surface area contributed by atoms with Gasteiger partial charge in [-0.2, -0.15) is 0 Å². The molecule has 3 heteroatoms. The Morgan fingerprint density at radius 1 is 1.45 bits per heavy atom. The second-order valence-corrected chi connectivity index (χ2v) is 2.91. The predicted octanol–water partition coefficient (Wildman–Crippen LogP) is 1.08. The van der Waals surface area contributed by atoms with Crippen molar-refractivity contribution in [3.05, 3.63) is 12.2 Å². The molecule has 0 saturated carbocycles. The molecular formula is C8H16ClNO. The lowest BCUT2D eigenvalue weighted by Gasteiger charge is -2.06. The highest BCUT2D eigenvalue weighted by molar-refractivity contribution is 5.85. The molecule has 11 heavy (non-hydrogen) atoms. The lowest BCUT2D eigenvalue weighted by Crippen LogP contribution is -2.14. The molecule has 0 aromatic heterocycles. The molecule has 66 valence electrons. The van der Waals surface area contributed by atoms with Gasteiger partial charge in [0.15, 0.2) is 0 Å². The highest BCUT2D eigenvalue weighted by atomic mass is 35.5. The van der Waals surface area contributed by atoms with Crippen molar-refractivity contribution < 1.29 is 5.11 Å². The minimum absolute atomic E-state index is 0. The molecule has 0 heterocycles. The first-order valence-electron chi connectivity index (χ1n) is 3.87. The van der Waals surface area contributed by atoms with Gasteiger partial charge in [-0.15, -0.1) is 12.4 Å². The van der Waals surface area contributed by atoms with E-state index in [1.54, 1.807) is 0 Å². The SMILES string of the molecule is Cl.N[C@@H]1C=C[C@H](CCCO)C1. The van der Waals surface area contributed by atoms with Crippen molar-refractivity contribution in [3.8, 4) is 0 Å².